The second-order valence-electron chi connectivity index (χ2n) is 8.04. The third kappa shape index (κ3) is 4.10. The Morgan fingerprint density at radius 1 is 1.22 bits per heavy atom. The van der Waals surface area contributed by atoms with Crippen molar-refractivity contribution in [3.63, 3.8) is 0 Å². The van der Waals surface area contributed by atoms with E-state index in [1.807, 2.05) is 24.3 Å². The van der Waals surface area contributed by atoms with E-state index in [1.165, 1.54) is 16.1 Å². The Morgan fingerprint density at radius 3 is 2.66 bits per heavy atom. The van der Waals surface area contributed by atoms with Crippen LogP contribution < -0.4 is 5.32 Å². The molecule has 2 atom stereocenters. The molecule has 2 aromatic carbocycles. The van der Waals surface area contributed by atoms with Gasteiger partial charge in [-0.05, 0) is 35.2 Å². The molecule has 2 heterocycles. The molecule has 0 spiro atoms. The van der Waals surface area contributed by atoms with Crippen LogP contribution in [0, 0.1) is 5.92 Å². The summed E-state index contributed by atoms with van der Waals surface area (Å²) >= 11 is 1.37. The zero-order valence-electron chi connectivity index (χ0n) is 17.2. The number of fused-ring (bicyclic) bond motifs is 1. The van der Waals surface area contributed by atoms with Gasteiger partial charge in [-0.1, -0.05) is 47.7 Å². The maximum Gasteiger partial charge on any atom is 0.248 e. The molecule has 1 saturated carbocycles. The van der Waals surface area contributed by atoms with Crippen molar-refractivity contribution in [3.8, 4) is 11.4 Å². The van der Waals surface area contributed by atoms with Crippen LogP contribution in [0.4, 0.5) is 13.9 Å². The summed E-state index contributed by atoms with van der Waals surface area (Å²) in [4.78, 5) is 19.1. The molecule has 1 aliphatic carbocycles. The molecule has 1 amide bonds. The highest BCUT2D eigenvalue weighted by Crippen LogP contribution is 2.46. The number of hydrogen-bond donors (Lipinski definition) is 1. The Bertz CT molecular complexity index is 1240. The van der Waals surface area contributed by atoms with Crippen molar-refractivity contribution in [1.29, 1.82) is 0 Å². The number of carbonyl (C=O) groups excluding carboxylic acids is 1. The number of carbonyl (C=O) groups is 1. The zero-order chi connectivity index (χ0) is 22.3. The lowest BCUT2D eigenvalue weighted by atomic mass is 9.83. The van der Waals surface area contributed by atoms with Crippen molar-refractivity contribution in [2.24, 2.45) is 13.0 Å². The molecule has 1 N–H and O–H groups in total. The average molecular weight is 455 g/mol. The summed E-state index contributed by atoms with van der Waals surface area (Å²) in [6.45, 7) is 0. The molecular formula is C22H20F2N6OS. The van der Waals surface area contributed by atoms with Gasteiger partial charge < -0.3 is 5.32 Å². The Hall–Kier alpha value is -3.27. The van der Waals surface area contributed by atoms with Crippen molar-refractivity contribution >= 4 is 32.6 Å². The number of alkyl halides is 2. The molecule has 1 aliphatic rings. The van der Waals surface area contributed by atoms with Crippen LogP contribution in [0.5, 0.6) is 0 Å². The number of rotatable bonds is 5. The third-order valence-corrected chi connectivity index (χ3v) is 6.71. The van der Waals surface area contributed by atoms with E-state index in [4.69, 9.17) is 0 Å². The van der Waals surface area contributed by atoms with E-state index in [-0.39, 0.29) is 18.7 Å². The molecule has 32 heavy (non-hydrogen) atoms. The van der Waals surface area contributed by atoms with Crippen LogP contribution in [-0.2, 0) is 11.8 Å². The minimum absolute atomic E-state index is 0.204. The van der Waals surface area contributed by atoms with Crippen molar-refractivity contribution in [2.45, 2.75) is 31.1 Å². The third-order valence-electron chi connectivity index (χ3n) is 5.76. The number of para-hydroxylation sites is 1. The van der Waals surface area contributed by atoms with E-state index >= 15 is 0 Å². The summed E-state index contributed by atoms with van der Waals surface area (Å²) < 4.78 is 29.0. The first-order valence-electron chi connectivity index (χ1n) is 10.3. The maximum atomic E-state index is 14.0. The molecule has 10 heteroatoms. The SMILES string of the molecule is Cn1nnc(-c2ccc(C(C(=O)Nc3nc4ccccc4s3)C3CCC(F)(F)C3)cc2)n1. The van der Waals surface area contributed by atoms with Gasteiger partial charge >= 0.3 is 0 Å². The topological polar surface area (TPSA) is 85.6 Å². The van der Waals surface area contributed by atoms with E-state index in [0.717, 1.165) is 15.8 Å². The summed E-state index contributed by atoms with van der Waals surface area (Å²) in [5.74, 6) is -3.78. The summed E-state index contributed by atoms with van der Waals surface area (Å²) in [5.41, 5.74) is 2.21. The summed E-state index contributed by atoms with van der Waals surface area (Å²) in [6, 6.07) is 14.7. The Kier molecular flexibility index (Phi) is 5.16. The van der Waals surface area contributed by atoms with Crippen molar-refractivity contribution in [1.82, 2.24) is 25.2 Å². The first-order chi connectivity index (χ1) is 15.4. The first kappa shape index (κ1) is 20.6. The van der Waals surface area contributed by atoms with Crippen LogP contribution in [0.3, 0.4) is 0 Å². The van der Waals surface area contributed by atoms with Crippen LogP contribution in [0.2, 0.25) is 0 Å². The highest BCUT2D eigenvalue weighted by Gasteiger charge is 2.45. The quantitative estimate of drug-likeness (QED) is 0.475. The van der Waals surface area contributed by atoms with Gasteiger partial charge in [-0.2, -0.15) is 4.80 Å². The number of nitrogens with one attached hydrogen (secondary N) is 1. The van der Waals surface area contributed by atoms with Crippen LogP contribution in [0.15, 0.2) is 48.5 Å². The largest absolute Gasteiger partial charge is 0.301 e. The Morgan fingerprint density at radius 2 is 2.00 bits per heavy atom. The van der Waals surface area contributed by atoms with Gasteiger partial charge in [0.1, 0.15) is 0 Å². The number of thiazole rings is 1. The number of amides is 1. The molecule has 164 valence electrons. The van der Waals surface area contributed by atoms with Crippen LogP contribution in [0.1, 0.15) is 30.7 Å². The van der Waals surface area contributed by atoms with Crippen LogP contribution in [0.25, 0.3) is 21.6 Å². The van der Waals surface area contributed by atoms with Gasteiger partial charge in [-0.3, -0.25) is 4.79 Å². The van der Waals surface area contributed by atoms with E-state index in [2.05, 4.69) is 25.7 Å². The van der Waals surface area contributed by atoms with Gasteiger partial charge in [-0.15, -0.1) is 10.2 Å². The predicted molar refractivity (Wildman–Crippen MR) is 118 cm³/mol. The monoisotopic (exact) mass is 454 g/mol. The fourth-order valence-corrected chi connectivity index (χ4v) is 5.12. The zero-order valence-corrected chi connectivity index (χ0v) is 18.0. The normalized spacial score (nSPS) is 18.7. The number of halogens is 2. The van der Waals surface area contributed by atoms with Gasteiger partial charge in [0.05, 0.1) is 23.2 Å². The minimum atomic E-state index is -2.75. The van der Waals surface area contributed by atoms with Gasteiger partial charge in [0, 0.05) is 18.4 Å². The first-order valence-corrected chi connectivity index (χ1v) is 11.1. The van der Waals surface area contributed by atoms with Gasteiger partial charge in [-0.25, -0.2) is 13.8 Å². The fraction of sp³-hybridized carbons (Fsp3) is 0.318. The molecule has 2 unspecified atom stereocenters. The summed E-state index contributed by atoms with van der Waals surface area (Å²) in [6.07, 6.45) is -0.221. The second kappa shape index (κ2) is 8.01. The molecule has 1 fully saturated rings. The van der Waals surface area contributed by atoms with Gasteiger partial charge in [0.15, 0.2) is 5.13 Å². The average Bonchev–Trinajstić information content (AvgIpc) is 3.46. The molecular weight excluding hydrogens is 434 g/mol. The van der Waals surface area contributed by atoms with E-state index in [9.17, 15) is 13.6 Å². The Labute approximate surface area is 186 Å². The number of anilines is 1. The van der Waals surface area contributed by atoms with Gasteiger partial charge in [0.2, 0.25) is 17.7 Å². The molecule has 7 nitrogen and oxygen atoms in total. The minimum Gasteiger partial charge on any atom is -0.301 e. The van der Waals surface area contributed by atoms with Crippen molar-refractivity contribution < 1.29 is 13.6 Å². The van der Waals surface area contributed by atoms with E-state index in [1.54, 1.807) is 31.3 Å². The standard InChI is InChI=1S/C22H20F2N6OS/c1-30-28-19(27-29-30)14-8-6-13(7-9-14)18(15-10-11-22(23,24)12-15)20(31)26-21-25-16-4-2-3-5-17(16)32-21/h2-9,15,18H,10-12H2,1H3,(H,25,26,31). The van der Waals surface area contributed by atoms with Crippen molar-refractivity contribution in [3.05, 3.63) is 54.1 Å². The number of benzene rings is 2. The number of nitrogens with zero attached hydrogens (tertiary/aromatic N) is 5. The highest BCUT2D eigenvalue weighted by molar-refractivity contribution is 7.22. The van der Waals surface area contributed by atoms with E-state index in [0.29, 0.717) is 22.9 Å². The molecule has 0 aliphatic heterocycles. The van der Waals surface area contributed by atoms with Crippen molar-refractivity contribution in [2.75, 3.05) is 5.32 Å². The lowest BCUT2D eigenvalue weighted by Crippen LogP contribution is -2.27. The summed E-state index contributed by atoms with van der Waals surface area (Å²) in [7, 11) is 1.67. The fourth-order valence-electron chi connectivity index (χ4n) is 4.25. The van der Waals surface area contributed by atoms with Crippen LogP contribution in [-0.4, -0.2) is 37.0 Å². The Balaban J connectivity index is 1.44. The lowest BCUT2D eigenvalue weighted by molar-refractivity contribution is -0.118. The van der Waals surface area contributed by atoms with Crippen LogP contribution >= 0.6 is 11.3 Å². The smallest absolute Gasteiger partial charge is 0.248 e. The van der Waals surface area contributed by atoms with E-state index < -0.39 is 17.8 Å². The molecule has 4 aromatic rings. The molecule has 0 saturated heterocycles. The number of hydrogen-bond acceptors (Lipinski definition) is 6. The second-order valence-corrected chi connectivity index (χ2v) is 9.07. The summed E-state index contributed by atoms with van der Waals surface area (Å²) in [5, 5.41) is 15.3. The molecule has 5 rings (SSSR count). The molecule has 0 bridgehead atoms. The number of aryl methyl sites for hydroxylation is 1. The predicted octanol–water partition coefficient (Wildman–Crippen LogP) is 4.64. The molecule has 2 aromatic heterocycles. The highest BCUT2D eigenvalue weighted by atomic mass is 32.1. The molecule has 0 radical (unpaired) electrons. The maximum absolute atomic E-state index is 14.0. The number of tetrazole rings is 1. The lowest BCUT2D eigenvalue weighted by Gasteiger charge is -2.23. The van der Waals surface area contributed by atoms with Gasteiger partial charge in [0.25, 0.3) is 0 Å². The number of aromatic nitrogens is 5.